The average molecular weight is 294 g/mol. The van der Waals surface area contributed by atoms with Gasteiger partial charge in [-0.15, -0.1) is 0 Å². The van der Waals surface area contributed by atoms with Crippen LogP contribution < -0.4 is 4.74 Å². The van der Waals surface area contributed by atoms with Crippen molar-refractivity contribution in [3.8, 4) is 5.75 Å². The van der Waals surface area contributed by atoms with Crippen molar-refractivity contribution in [1.29, 1.82) is 0 Å². The number of ether oxygens (including phenoxy) is 1. The number of ketones is 2. The third kappa shape index (κ3) is 2.96. The zero-order valence-corrected chi connectivity index (χ0v) is 12.1. The van der Waals surface area contributed by atoms with Crippen molar-refractivity contribution in [3.63, 3.8) is 0 Å². The van der Waals surface area contributed by atoms with Gasteiger partial charge in [0.05, 0.1) is 6.42 Å². The van der Waals surface area contributed by atoms with Crippen LogP contribution >= 0.6 is 0 Å². The molecule has 0 amide bonds. The van der Waals surface area contributed by atoms with Gasteiger partial charge in [0.25, 0.3) is 0 Å². The Hall–Kier alpha value is -2.75. The van der Waals surface area contributed by atoms with Crippen LogP contribution in [0, 0.1) is 6.92 Å². The average Bonchev–Trinajstić information content (AvgIpc) is 2.60. The van der Waals surface area contributed by atoms with E-state index in [1.54, 1.807) is 12.1 Å². The number of hydrogen-bond acceptors (Lipinski definition) is 4. The highest BCUT2D eigenvalue weighted by Gasteiger charge is 2.19. The maximum absolute atomic E-state index is 11.9. The predicted octanol–water partition coefficient (Wildman–Crippen LogP) is 2.71. The molecule has 0 unspecified atom stereocenters. The molecule has 0 N–H and O–H groups in total. The molecule has 0 fully saturated rings. The fraction of sp³-hybridized carbons (Fsp3) is 0.167. The van der Waals surface area contributed by atoms with E-state index in [4.69, 9.17) is 4.74 Å². The van der Waals surface area contributed by atoms with Crippen molar-refractivity contribution >= 4 is 23.6 Å². The molecule has 1 aromatic rings. The zero-order valence-electron chi connectivity index (χ0n) is 12.1. The second-order valence-corrected chi connectivity index (χ2v) is 5.45. The molecule has 0 spiro atoms. The lowest BCUT2D eigenvalue weighted by Gasteiger charge is -2.07. The number of esters is 1. The summed E-state index contributed by atoms with van der Waals surface area (Å²) >= 11 is 0. The number of rotatable bonds is 2. The van der Waals surface area contributed by atoms with E-state index in [0.717, 1.165) is 22.3 Å². The standard InChI is InChI=1S/C18H14O4/c1-11-2-5-17-14(6-11)8-13(10-18(21)22-17)7-12-3-4-15(19)16(20)9-12/h2-6,8-9H,7,10H2,1H3. The van der Waals surface area contributed by atoms with Gasteiger partial charge < -0.3 is 4.74 Å². The maximum Gasteiger partial charge on any atom is 0.315 e. The number of carbonyl (C=O) groups is 3. The topological polar surface area (TPSA) is 60.4 Å². The van der Waals surface area contributed by atoms with E-state index in [1.165, 1.54) is 12.2 Å². The SMILES string of the molecule is Cc1ccc2c(c1)C=C(CC1=CC(=O)C(=O)C=C1)CC(=O)O2. The van der Waals surface area contributed by atoms with Crippen LogP contribution in [0.15, 0.2) is 47.6 Å². The quantitative estimate of drug-likeness (QED) is 0.364. The van der Waals surface area contributed by atoms with Crippen molar-refractivity contribution in [2.75, 3.05) is 0 Å². The third-order valence-electron chi connectivity index (χ3n) is 3.56. The Morgan fingerprint density at radius 2 is 1.86 bits per heavy atom. The van der Waals surface area contributed by atoms with Gasteiger partial charge in [0.1, 0.15) is 5.75 Å². The van der Waals surface area contributed by atoms with E-state index in [1.807, 2.05) is 25.1 Å². The second-order valence-electron chi connectivity index (χ2n) is 5.45. The number of carbonyl (C=O) groups excluding carboxylic acids is 3. The Morgan fingerprint density at radius 1 is 1.05 bits per heavy atom. The van der Waals surface area contributed by atoms with Gasteiger partial charge in [-0.25, -0.2) is 0 Å². The molecule has 3 rings (SSSR count). The molecule has 4 nitrogen and oxygen atoms in total. The lowest BCUT2D eigenvalue weighted by molar-refractivity contribution is -0.133. The summed E-state index contributed by atoms with van der Waals surface area (Å²) in [5, 5.41) is 0. The van der Waals surface area contributed by atoms with Crippen LogP contribution in [0.3, 0.4) is 0 Å². The highest BCUT2D eigenvalue weighted by molar-refractivity contribution is 6.46. The van der Waals surface area contributed by atoms with E-state index in [2.05, 4.69) is 0 Å². The van der Waals surface area contributed by atoms with Gasteiger partial charge in [0.2, 0.25) is 11.6 Å². The lowest BCUT2D eigenvalue weighted by atomic mass is 9.95. The molecule has 4 heteroatoms. The number of aryl methyl sites for hydroxylation is 1. The van der Waals surface area contributed by atoms with Crippen LogP contribution in [0.1, 0.15) is 24.0 Å². The van der Waals surface area contributed by atoms with Crippen molar-refractivity contribution in [2.45, 2.75) is 19.8 Å². The van der Waals surface area contributed by atoms with Crippen molar-refractivity contribution in [2.24, 2.45) is 0 Å². The first-order valence-corrected chi connectivity index (χ1v) is 6.99. The lowest BCUT2D eigenvalue weighted by Crippen LogP contribution is -2.12. The molecule has 1 aromatic carbocycles. The van der Waals surface area contributed by atoms with Crippen molar-refractivity contribution in [3.05, 3.63) is 58.7 Å². The fourth-order valence-corrected chi connectivity index (χ4v) is 2.53. The van der Waals surface area contributed by atoms with Crippen LogP contribution in [-0.2, 0) is 14.4 Å². The first kappa shape index (κ1) is 14.2. The summed E-state index contributed by atoms with van der Waals surface area (Å²) in [7, 11) is 0. The monoisotopic (exact) mass is 294 g/mol. The largest absolute Gasteiger partial charge is 0.426 e. The van der Waals surface area contributed by atoms with E-state index in [-0.39, 0.29) is 12.4 Å². The molecule has 1 aliphatic heterocycles. The molecule has 0 aromatic heterocycles. The van der Waals surface area contributed by atoms with E-state index >= 15 is 0 Å². The highest BCUT2D eigenvalue weighted by Crippen LogP contribution is 2.30. The van der Waals surface area contributed by atoms with Crippen LogP contribution in [0.4, 0.5) is 0 Å². The fourth-order valence-electron chi connectivity index (χ4n) is 2.53. The van der Waals surface area contributed by atoms with Gasteiger partial charge in [-0.05, 0) is 43.2 Å². The van der Waals surface area contributed by atoms with Crippen LogP contribution in [0.2, 0.25) is 0 Å². The molecular weight excluding hydrogens is 280 g/mol. The van der Waals surface area contributed by atoms with Crippen molar-refractivity contribution < 1.29 is 19.1 Å². The van der Waals surface area contributed by atoms with Gasteiger partial charge in [-0.1, -0.05) is 29.4 Å². The van der Waals surface area contributed by atoms with E-state index in [9.17, 15) is 14.4 Å². The van der Waals surface area contributed by atoms with Crippen LogP contribution in [0.5, 0.6) is 5.75 Å². The number of hydrogen-bond donors (Lipinski definition) is 0. The molecule has 2 aliphatic rings. The summed E-state index contributed by atoms with van der Waals surface area (Å²) in [4.78, 5) is 34.5. The molecule has 0 saturated heterocycles. The zero-order chi connectivity index (χ0) is 15.7. The molecular formula is C18H14O4. The molecule has 1 aliphatic carbocycles. The minimum Gasteiger partial charge on any atom is -0.426 e. The van der Waals surface area contributed by atoms with Crippen LogP contribution in [-0.4, -0.2) is 17.5 Å². The Bertz CT molecular complexity index is 778. The Morgan fingerprint density at radius 3 is 2.64 bits per heavy atom. The second kappa shape index (κ2) is 5.56. The molecule has 0 radical (unpaired) electrons. The summed E-state index contributed by atoms with van der Waals surface area (Å²) in [6.07, 6.45) is 6.75. The summed E-state index contributed by atoms with van der Waals surface area (Å²) < 4.78 is 5.32. The molecule has 110 valence electrons. The molecule has 0 saturated carbocycles. The summed E-state index contributed by atoms with van der Waals surface area (Å²) in [5.41, 5.74) is 3.50. The summed E-state index contributed by atoms with van der Waals surface area (Å²) in [6, 6.07) is 5.62. The normalized spacial score (nSPS) is 17.4. The molecule has 22 heavy (non-hydrogen) atoms. The van der Waals surface area contributed by atoms with Gasteiger partial charge in [-0.2, -0.15) is 0 Å². The number of allylic oxidation sites excluding steroid dienone is 4. The van der Waals surface area contributed by atoms with Gasteiger partial charge >= 0.3 is 5.97 Å². The third-order valence-corrected chi connectivity index (χ3v) is 3.56. The summed E-state index contributed by atoms with van der Waals surface area (Å²) in [5.74, 6) is -0.814. The van der Waals surface area contributed by atoms with Gasteiger partial charge in [-0.3, -0.25) is 14.4 Å². The Balaban J connectivity index is 1.91. The predicted molar refractivity (Wildman–Crippen MR) is 81.3 cm³/mol. The maximum atomic E-state index is 11.9. The minimum atomic E-state index is -0.523. The van der Waals surface area contributed by atoms with Crippen LogP contribution in [0.25, 0.3) is 6.08 Å². The number of fused-ring (bicyclic) bond motifs is 1. The van der Waals surface area contributed by atoms with E-state index < -0.39 is 11.6 Å². The van der Waals surface area contributed by atoms with E-state index in [0.29, 0.717) is 12.2 Å². The first-order valence-electron chi connectivity index (χ1n) is 6.99. The van der Waals surface area contributed by atoms with Gasteiger partial charge in [0, 0.05) is 5.56 Å². The van der Waals surface area contributed by atoms with Gasteiger partial charge in [0.15, 0.2) is 0 Å². The molecule has 0 bridgehead atoms. The molecule has 1 heterocycles. The first-order chi connectivity index (χ1) is 10.5. The van der Waals surface area contributed by atoms with Crippen molar-refractivity contribution in [1.82, 2.24) is 0 Å². The summed E-state index contributed by atoms with van der Waals surface area (Å²) in [6.45, 7) is 1.97. The Labute approximate surface area is 127 Å². The highest BCUT2D eigenvalue weighted by atomic mass is 16.5. The smallest absolute Gasteiger partial charge is 0.315 e. The molecule has 0 atom stereocenters. The minimum absolute atomic E-state index is 0.168. The Kier molecular flexibility index (Phi) is 3.59. The number of benzene rings is 1.